The van der Waals surface area contributed by atoms with Crippen LogP contribution in [-0.4, -0.2) is 50.3 Å². The van der Waals surface area contributed by atoms with Crippen molar-refractivity contribution < 1.29 is 4.74 Å². The van der Waals surface area contributed by atoms with Crippen molar-refractivity contribution in [1.29, 1.82) is 0 Å². The van der Waals surface area contributed by atoms with Crippen molar-refractivity contribution in [3.05, 3.63) is 0 Å². The smallest absolute Gasteiger partial charge is 0.0594 e. The van der Waals surface area contributed by atoms with Gasteiger partial charge >= 0.3 is 0 Å². The fourth-order valence-corrected chi connectivity index (χ4v) is 3.26. The Kier molecular flexibility index (Phi) is 5.93. The zero-order chi connectivity index (χ0) is 12.8. The summed E-state index contributed by atoms with van der Waals surface area (Å²) in [6.45, 7) is 6.77. The molecule has 0 aromatic carbocycles. The van der Waals surface area contributed by atoms with Gasteiger partial charge in [-0.25, -0.2) is 0 Å². The van der Waals surface area contributed by atoms with Crippen molar-refractivity contribution in [3.8, 4) is 0 Å². The Bertz CT molecular complexity index is 221. The van der Waals surface area contributed by atoms with E-state index in [4.69, 9.17) is 4.74 Å². The lowest BCUT2D eigenvalue weighted by Gasteiger charge is -2.33. The molecule has 1 atom stereocenters. The number of likely N-dealkylation sites (tertiary alicyclic amines) is 1. The maximum absolute atomic E-state index is 5.89. The van der Waals surface area contributed by atoms with Gasteiger partial charge in [-0.1, -0.05) is 12.8 Å². The average molecular weight is 254 g/mol. The molecule has 0 bridgehead atoms. The number of rotatable bonds is 6. The second kappa shape index (κ2) is 7.46. The van der Waals surface area contributed by atoms with Crippen LogP contribution in [0.25, 0.3) is 0 Å². The second-order valence-corrected chi connectivity index (χ2v) is 6.16. The van der Waals surface area contributed by atoms with Crippen molar-refractivity contribution in [2.24, 2.45) is 5.92 Å². The maximum Gasteiger partial charge on any atom is 0.0594 e. The lowest BCUT2D eigenvalue weighted by atomic mass is 9.90. The van der Waals surface area contributed by atoms with E-state index in [1.165, 1.54) is 51.6 Å². The molecule has 1 heterocycles. The van der Waals surface area contributed by atoms with E-state index in [1.807, 2.05) is 0 Å². The first-order chi connectivity index (χ1) is 8.75. The summed E-state index contributed by atoms with van der Waals surface area (Å²) in [5, 5.41) is 3.65. The van der Waals surface area contributed by atoms with E-state index in [2.05, 4.69) is 24.2 Å². The van der Waals surface area contributed by atoms with E-state index in [9.17, 15) is 0 Å². The Hall–Kier alpha value is -0.120. The van der Waals surface area contributed by atoms with E-state index in [1.54, 1.807) is 0 Å². The maximum atomic E-state index is 5.89. The summed E-state index contributed by atoms with van der Waals surface area (Å²) in [5.74, 6) is 0.854. The molecule has 2 aliphatic rings. The van der Waals surface area contributed by atoms with Crippen LogP contribution in [0.1, 0.15) is 45.4 Å². The summed E-state index contributed by atoms with van der Waals surface area (Å²) in [6, 6.07) is 0.644. The van der Waals surface area contributed by atoms with Gasteiger partial charge in [-0.2, -0.15) is 0 Å². The van der Waals surface area contributed by atoms with Gasteiger partial charge in [0.2, 0.25) is 0 Å². The molecule has 2 rings (SSSR count). The summed E-state index contributed by atoms with van der Waals surface area (Å²) in [4.78, 5) is 2.44. The zero-order valence-electron chi connectivity index (χ0n) is 12.2. The Morgan fingerprint density at radius 3 is 2.50 bits per heavy atom. The Labute approximate surface area is 112 Å². The number of nitrogens with one attached hydrogen (secondary N) is 1. The largest absolute Gasteiger partial charge is 0.377 e. The van der Waals surface area contributed by atoms with Gasteiger partial charge in [-0.15, -0.1) is 0 Å². The Morgan fingerprint density at radius 2 is 1.83 bits per heavy atom. The average Bonchev–Trinajstić information content (AvgIpc) is 2.88. The molecular weight excluding hydrogens is 224 g/mol. The summed E-state index contributed by atoms with van der Waals surface area (Å²) in [5.41, 5.74) is 0. The van der Waals surface area contributed by atoms with Gasteiger partial charge in [-0.05, 0) is 58.7 Å². The van der Waals surface area contributed by atoms with Gasteiger partial charge in [-0.3, -0.25) is 0 Å². The number of hydrogen-bond acceptors (Lipinski definition) is 3. The minimum atomic E-state index is 0.561. The normalized spacial score (nSPS) is 25.7. The molecule has 0 radical (unpaired) electrons. The van der Waals surface area contributed by atoms with Crippen LogP contribution in [0.4, 0.5) is 0 Å². The summed E-state index contributed by atoms with van der Waals surface area (Å²) in [7, 11) is 2.23. The number of ether oxygens (including phenoxy) is 1. The predicted molar refractivity (Wildman–Crippen MR) is 75.9 cm³/mol. The fourth-order valence-electron chi connectivity index (χ4n) is 3.26. The van der Waals surface area contributed by atoms with Crippen LogP contribution in [0.15, 0.2) is 0 Å². The predicted octanol–water partition coefficient (Wildman–Crippen LogP) is 2.27. The summed E-state index contributed by atoms with van der Waals surface area (Å²) < 4.78 is 5.89. The van der Waals surface area contributed by atoms with Crippen LogP contribution in [-0.2, 0) is 4.74 Å². The first kappa shape index (κ1) is 14.3. The van der Waals surface area contributed by atoms with Crippen LogP contribution in [0.5, 0.6) is 0 Å². The minimum absolute atomic E-state index is 0.561. The molecule has 0 aromatic heterocycles. The summed E-state index contributed by atoms with van der Waals surface area (Å²) >= 11 is 0. The van der Waals surface area contributed by atoms with Crippen molar-refractivity contribution in [2.75, 3.05) is 33.3 Å². The first-order valence-corrected chi connectivity index (χ1v) is 7.79. The molecular formula is C15H30N2O. The van der Waals surface area contributed by atoms with Crippen LogP contribution in [0.2, 0.25) is 0 Å². The fraction of sp³-hybridized carbons (Fsp3) is 1.00. The van der Waals surface area contributed by atoms with E-state index < -0.39 is 0 Å². The van der Waals surface area contributed by atoms with Gasteiger partial charge in [0.15, 0.2) is 0 Å². The van der Waals surface area contributed by atoms with E-state index in [-0.39, 0.29) is 0 Å². The van der Waals surface area contributed by atoms with E-state index in [0.717, 1.165) is 19.1 Å². The molecule has 3 nitrogen and oxygen atoms in total. The van der Waals surface area contributed by atoms with E-state index >= 15 is 0 Å². The third kappa shape index (κ3) is 4.52. The molecule has 0 spiro atoms. The van der Waals surface area contributed by atoms with Crippen molar-refractivity contribution in [3.63, 3.8) is 0 Å². The van der Waals surface area contributed by atoms with Gasteiger partial charge in [0.1, 0.15) is 0 Å². The van der Waals surface area contributed by atoms with Crippen LogP contribution in [0.3, 0.4) is 0 Å². The van der Waals surface area contributed by atoms with Crippen molar-refractivity contribution >= 4 is 0 Å². The van der Waals surface area contributed by atoms with Crippen LogP contribution in [0, 0.1) is 5.92 Å². The zero-order valence-corrected chi connectivity index (χ0v) is 12.2. The number of piperidine rings is 1. The molecule has 2 fully saturated rings. The molecule has 0 aromatic rings. The third-order valence-electron chi connectivity index (χ3n) is 4.69. The molecule has 1 unspecified atom stereocenters. The topological polar surface area (TPSA) is 24.5 Å². The number of nitrogens with zero attached hydrogens (tertiary/aromatic N) is 1. The minimum Gasteiger partial charge on any atom is -0.377 e. The standard InChI is InChI=1S/C15H30N2O/c1-13(14-7-10-17(2)11-8-14)16-9-12-18-15-5-3-4-6-15/h13-16H,3-12H2,1-2H3. The monoisotopic (exact) mass is 254 g/mol. The van der Waals surface area contributed by atoms with Crippen LogP contribution >= 0.6 is 0 Å². The second-order valence-electron chi connectivity index (χ2n) is 6.16. The molecule has 1 saturated carbocycles. The van der Waals surface area contributed by atoms with Gasteiger partial charge in [0, 0.05) is 12.6 Å². The SMILES string of the molecule is CC(NCCOC1CCCC1)C1CCN(C)CC1. The highest BCUT2D eigenvalue weighted by Gasteiger charge is 2.21. The van der Waals surface area contributed by atoms with Gasteiger partial charge in [0.05, 0.1) is 12.7 Å². The molecule has 1 N–H and O–H groups in total. The highest BCUT2D eigenvalue weighted by Crippen LogP contribution is 2.21. The van der Waals surface area contributed by atoms with Crippen LogP contribution < -0.4 is 5.32 Å². The quantitative estimate of drug-likeness (QED) is 0.736. The molecule has 0 amide bonds. The Morgan fingerprint density at radius 1 is 1.17 bits per heavy atom. The van der Waals surface area contributed by atoms with Crippen molar-refractivity contribution in [2.45, 2.75) is 57.6 Å². The highest BCUT2D eigenvalue weighted by atomic mass is 16.5. The van der Waals surface area contributed by atoms with Crippen molar-refractivity contribution in [1.82, 2.24) is 10.2 Å². The molecule has 1 aliphatic heterocycles. The number of hydrogen-bond donors (Lipinski definition) is 1. The van der Waals surface area contributed by atoms with E-state index in [0.29, 0.717) is 12.1 Å². The highest BCUT2D eigenvalue weighted by molar-refractivity contribution is 4.78. The first-order valence-electron chi connectivity index (χ1n) is 7.79. The molecule has 3 heteroatoms. The summed E-state index contributed by atoms with van der Waals surface area (Å²) in [6.07, 6.45) is 8.54. The van der Waals surface area contributed by atoms with Gasteiger partial charge < -0.3 is 15.0 Å². The molecule has 18 heavy (non-hydrogen) atoms. The molecule has 1 saturated heterocycles. The molecule has 106 valence electrons. The third-order valence-corrected chi connectivity index (χ3v) is 4.69. The molecule has 1 aliphatic carbocycles. The van der Waals surface area contributed by atoms with Gasteiger partial charge in [0.25, 0.3) is 0 Å². The lowest BCUT2D eigenvalue weighted by Crippen LogP contribution is -2.41. The lowest BCUT2D eigenvalue weighted by molar-refractivity contribution is 0.0574. The Balaban J connectivity index is 1.52.